The molecule has 3 heterocycles. The van der Waals surface area contributed by atoms with Crippen molar-refractivity contribution in [1.82, 2.24) is 19.9 Å². The van der Waals surface area contributed by atoms with Crippen LogP contribution in [0.2, 0.25) is 0 Å². The lowest BCUT2D eigenvalue weighted by Crippen LogP contribution is -2.38. The number of pyridine rings is 1. The van der Waals surface area contributed by atoms with Crippen LogP contribution in [0.25, 0.3) is 0 Å². The second-order valence-corrected chi connectivity index (χ2v) is 4.97. The van der Waals surface area contributed by atoms with Crippen LogP contribution in [0.15, 0.2) is 30.7 Å². The number of hydrogen-bond donors (Lipinski definition) is 2. The third kappa shape index (κ3) is 3.26. The molecule has 7 nitrogen and oxygen atoms in total. The van der Waals surface area contributed by atoms with Gasteiger partial charge < -0.3 is 15.5 Å². The summed E-state index contributed by atoms with van der Waals surface area (Å²) in [6, 6.07) is 3.47. The maximum absolute atomic E-state index is 11.1. The molecule has 0 saturated carbocycles. The Balaban J connectivity index is 1.66. The second kappa shape index (κ2) is 6.02. The van der Waals surface area contributed by atoms with Gasteiger partial charge in [-0.1, -0.05) is 0 Å². The van der Waals surface area contributed by atoms with E-state index in [9.17, 15) is 4.79 Å². The van der Waals surface area contributed by atoms with Gasteiger partial charge in [0.05, 0.1) is 24.4 Å². The van der Waals surface area contributed by atoms with Gasteiger partial charge in [-0.15, -0.1) is 0 Å². The lowest BCUT2D eigenvalue weighted by atomic mass is 10.1. The van der Waals surface area contributed by atoms with Gasteiger partial charge in [-0.2, -0.15) is 0 Å². The topological polar surface area (TPSA) is 97.1 Å². The van der Waals surface area contributed by atoms with Crippen LogP contribution in [-0.4, -0.2) is 45.5 Å². The van der Waals surface area contributed by atoms with Crippen molar-refractivity contribution >= 4 is 5.91 Å². The van der Waals surface area contributed by atoms with Gasteiger partial charge in [0.2, 0.25) is 5.91 Å². The molecule has 3 rings (SSSR count). The number of imidazole rings is 1. The first-order valence-corrected chi connectivity index (χ1v) is 6.80. The van der Waals surface area contributed by atoms with E-state index in [0.29, 0.717) is 12.2 Å². The number of morpholine rings is 1. The fraction of sp³-hybridized carbons (Fsp3) is 0.357. The van der Waals surface area contributed by atoms with Crippen molar-refractivity contribution in [2.24, 2.45) is 5.73 Å². The Bertz CT molecular complexity index is 596. The molecule has 1 aliphatic heterocycles. The molecule has 1 fully saturated rings. The van der Waals surface area contributed by atoms with Crippen molar-refractivity contribution in [2.75, 3.05) is 19.7 Å². The van der Waals surface area contributed by atoms with Crippen LogP contribution in [0, 0.1) is 0 Å². The summed E-state index contributed by atoms with van der Waals surface area (Å²) in [5, 5.41) is 0. The summed E-state index contributed by atoms with van der Waals surface area (Å²) in [6.45, 7) is 3.00. The summed E-state index contributed by atoms with van der Waals surface area (Å²) in [5.41, 5.74) is 6.43. The van der Waals surface area contributed by atoms with Crippen LogP contribution < -0.4 is 5.73 Å². The van der Waals surface area contributed by atoms with Crippen LogP contribution >= 0.6 is 0 Å². The molecule has 1 amide bonds. The van der Waals surface area contributed by atoms with E-state index in [1.807, 2.05) is 6.20 Å². The van der Waals surface area contributed by atoms with E-state index in [1.165, 1.54) is 6.20 Å². The molecular formula is C14H17N5O2. The molecule has 2 aromatic rings. The number of nitrogens with one attached hydrogen (secondary N) is 1. The van der Waals surface area contributed by atoms with Gasteiger partial charge in [0.1, 0.15) is 11.9 Å². The molecule has 2 aromatic heterocycles. The van der Waals surface area contributed by atoms with Crippen LogP contribution in [0.3, 0.4) is 0 Å². The van der Waals surface area contributed by atoms with E-state index >= 15 is 0 Å². The molecule has 0 radical (unpaired) electrons. The molecule has 7 heteroatoms. The monoisotopic (exact) mass is 287 g/mol. The number of amides is 1. The third-order valence-electron chi connectivity index (χ3n) is 3.48. The fourth-order valence-corrected chi connectivity index (χ4v) is 2.36. The molecule has 1 unspecified atom stereocenters. The summed E-state index contributed by atoms with van der Waals surface area (Å²) >= 11 is 0. The minimum Gasteiger partial charge on any atom is -0.369 e. The standard InChI is InChI=1S/C14H17N5O2/c15-14(20)10-1-2-11(18-7-10)12-8-19(5-6-21-12)9-13-16-3-4-17-13/h1-4,7,12H,5-6,8-9H2,(H2,15,20)(H,16,17). The van der Waals surface area contributed by atoms with Crippen molar-refractivity contribution in [1.29, 1.82) is 0 Å². The summed E-state index contributed by atoms with van der Waals surface area (Å²) in [6.07, 6.45) is 4.96. The summed E-state index contributed by atoms with van der Waals surface area (Å²) in [7, 11) is 0. The van der Waals surface area contributed by atoms with Crippen LogP contribution in [0.4, 0.5) is 0 Å². The van der Waals surface area contributed by atoms with Crippen molar-refractivity contribution in [3.63, 3.8) is 0 Å². The average Bonchev–Trinajstić information content (AvgIpc) is 3.00. The molecule has 110 valence electrons. The largest absolute Gasteiger partial charge is 0.369 e. The van der Waals surface area contributed by atoms with Gasteiger partial charge in [-0.3, -0.25) is 14.7 Å². The first-order chi connectivity index (χ1) is 10.2. The zero-order valence-electron chi connectivity index (χ0n) is 11.5. The number of nitrogens with two attached hydrogens (primary N) is 1. The molecule has 0 spiro atoms. The number of carbonyl (C=O) groups excluding carboxylic acids is 1. The Morgan fingerprint density at radius 3 is 3.05 bits per heavy atom. The number of aromatic nitrogens is 3. The average molecular weight is 287 g/mol. The number of hydrogen-bond acceptors (Lipinski definition) is 5. The minimum atomic E-state index is -0.474. The maximum Gasteiger partial charge on any atom is 0.250 e. The van der Waals surface area contributed by atoms with Gasteiger partial charge >= 0.3 is 0 Å². The van der Waals surface area contributed by atoms with E-state index in [4.69, 9.17) is 10.5 Å². The highest BCUT2D eigenvalue weighted by Gasteiger charge is 2.23. The van der Waals surface area contributed by atoms with Crippen molar-refractivity contribution in [3.05, 3.63) is 47.8 Å². The number of ether oxygens (including phenoxy) is 1. The Hall–Kier alpha value is -2.25. The first kappa shape index (κ1) is 13.7. The summed E-state index contributed by atoms with van der Waals surface area (Å²) < 4.78 is 5.76. The number of H-pyrrole nitrogens is 1. The van der Waals surface area contributed by atoms with E-state index in [2.05, 4.69) is 19.9 Å². The SMILES string of the molecule is NC(=O)c1ccc(C2CN(Cc3ncc[nH]3)CCO2)nc1. The molecule has 1 atom stereocenters. The van der Waals surface area contributed by atoms with Gasteiger partial charge in [0.15, 0.2) is 0 Å². The smallest absolute Gasteiger partial charge is 0.250 e. The molecule has 0 bridgehead atoms. The predicted molar refractivity (Wildman–Crippen MR) is 75.3 cm³/mol. The second-order valence-electron chi connectivity index (χ2n) is 4.97. The minimum absolute atomic E-state index is 0.101. The lowest BCUT2D eigenvalue weighted by molar-refractivity contribution is -0.0356. The van der Waals surface area contributed by atoms with Gasteiger partial charge in [0, 0.05) is 31.7 Å². The predicted octanol–water partition coefficient (Wildman–Crippen LogP) is 0.477. The number of rotatable bonds is 4. The highest BCUT2D eigenvalue weighted by molar-refractivity contribution is 5.92. The number of carbonyl (C=O) groups is 1. The third-order valence-corrected chi connectivity index (χ3v) is 3.48. The van der Waals surface area contributed by atoms with Gasteiger partial charge in [-0.25, -0.2) is 4.98 Å². The summed E-state index contributed by atoms with van der Waals surface area (Å²) in [5.74, 6) is 0.464. The van der Waals surface area contributed by atoms with E-state index in [0.717, 1.165) is 31.2 Å². The Kier molecular flexibility index (Phi) is 3.94. The fourth-order valence-electron chi connectivity index (χ4n) is 2.36. The van der Waals surface area contributed by atoms with Crippen molar-refractivity contribution in [2.45, 2.75) is 12.6 Å². The molecule has 0 aliphatic carbocycles. The number of primary amides is 1. The van der Waals surface area contributed by atoms with E-state index < -0.39 is 5.91 Å². The maximum atomic E-state index is 11.1. The van der Waals surface area contributed by atoms with Crippen LogP contribution in [0.5, 0.6) is 0 Å². The van der Waals surface area contributed by atoms with Gasteiger partial charge in [0.25, 0.3) is 0 Å². The Labute approximate surface area is 122 Å². The van der Waals surface area contributed by atoms with Crippen molar-refractivity contribution < 1.29 is 9.53 Å². The van der Waals surface area contributed by atoms with E-state index in [1.54, 1.807) is 18.3 Å². The highest BCUT2D eigenvalue weighted by Crippen LogP contribution is 2.21. The molecule has 1 saturated heterocycles. The first-order valence-electron chi connectivity index (χ1n) is 6.80. The van der Waals surface area contributed by atoms with Crippen LogP contribution in [0.1, 0.15) is 28.0 Å². The number of aromatic amines is 1. The Morgan fingerprint density at radius 2 is 2.38 bits per heavy atom. The zero-order chi connectivity index (χ0) is 14.7. The number of nitrogens with zero attached hydrogens (tertiary/aromatic N) is 3. The Morgan fingerprint density at radius 1 is 1.48 bits per heavy atom. The quantitative estimate of drug-likeness (QED) is 0.852. The lowest BCUT2D eigenvalue weighted by Gasteiger charge is -2.32. The molecular weight excluding hydrogens is 270 g/mol. The molecule has 0 aromatic carbocycles. The molecule has 21 heavy (non-hydrogen) atoms. The van der Waals surface area contributed by atoms with Crippen LogP contribution in [-0.2, 0) is 11.3 Å². The summed E-state index contributed by atoms with van der Waals surface area (Å²) in [4.78, 5) is 24.9. The van der Waals surface area contributed by atoms with Crippen molar-refractivity contribution in [3.8, 4) is 0 Å². The zero-order valence-corrected chi connectivity index (χ0v) is 11.5. The molecule has 1 aliphatic rings. The van der Waals surface area contributed by atoms with Gasteiger partial charge in [-0.05, 0) is 12.1 Å². The van der Waals surface area contributed by atoms with E-state index in [-0.39, 0.29) is 6.10 Å². The molecule has 3 N–H and O–H groups in total. The normalized spacial score (nSPS) is 19.5. The highest BCUT2D eigenvalue weighted by atomic mass is 16.5.